The molecule has 0 aromatic heterocycles. The Labute approximate surface area is 95.1 Å². The van der Waals surface area contributed by atoms with Gasteiger partial charge in [-0.3, -0.25) is 0 Å². The highest BCUT2D eigenvalue weighted by Crippen LogP contribution is 2.37. The summed E-state index contributed by atoms with van der Waals surface area (Å²) in [5.41, 5.74) is -0.207. The van der Waals surface area contributed by atoms with E-state index in [1.807, 2.05) is 0 Å². The molecule has 6 heteroatoms. The molecule has 0 spiro atoms. The first kappa shape index (κ1) is 12.7. The highest BCUT2D eigenvalue weighted by molar-refractivity contribution is 7.99. The van der Waals surface area contributed by atoms with Crippen LogP contribution < -0.4 is 0 Å². The van der Waals surface area contributed by atoms with Gasteiger partial charge >= 0.3 is 6.18 Å². The van der Waals surface area contributed by atoms with Gasteiger partial charge < -0.3 is 5.11 Å². The van der Waals surface area contributed by atoms with Gasteiger partial charge in [0.05, 0.1) is 11.5 Å². The lowest BCUT2D eigenvalue weighted by Crippen LogP contribution is -2.07. The molecule has 0 amide bonds. The number of thiol groups is 1. The fourth-order valence-electron chi connectivity index (χ4n) is 1.09. The van der Waals surface area contributed by atoms with Crippen molar-refractivity contribution in [2.24, 2.45) is 0 Å². The molecule has 1 aromatic carbocycles. The number of thioether (sulfide) groups is 1. The van der Waals surface area contributed by atoms with Gasteiger partial charge in [0, 0.05) is 10.6 Å². The average Bonchev–Trinajstić information content (AvgIpc) is 2.17. The van der Waals surface area contributed by atoms with Crippen molar-refractivity contribution < 1.29 is 18.3 Å². The molecule has 0 bridgehead atoms. The predicted molar refractivity (Wildman–Crippen MR) is 57.1 cm³/mol. The van der Waals surface area contributed by atoms with E-state index in [2.05, 4.69) is 12.6 Å². The Bertz CT molecular complexity index is 339. The maximum absolute atomic E-state index is 12.6. The maximum atomic E-state index is 12.6. The van der Waals surface area contributed by atoms with E-state index in [9.17, 15) is 13.2 Å². The second-order valence-corrected chi connectivity index (χ2v) is 4.06. The fourth-order valence-corrected chi connectivity index (χ4v) is 1.92. The molecule has 0 atom stereocenters. The highest BCUT2D eigenvalue weighted by atomic mass is 32.2. The predicted octanol–water partition coefficient (Wildman–Crippen LogP) is 3.18. The standard InChI is InChI=1S/C9H9F3OS2/c10-9(11,12)7-3-6(4-14)1-2-8(7)15-5-13/h1-3,13-14H,4-5H2. The third kappa shape index (κ3) is 3.32. The molecule has 0 saturated carbocycles. The SMILES string of the molecule is OCSc1ccc(CS)cc1C(F)(F)F. The molecule has 0 heterocycles. The summed E-state index contributed by atoms with van der Waals surface area (Å²) >= 11 is 4.67. The third-order valence-corrected chi connectivity index (χ3v) is 2.91. The first-order valence-electron chi connectivity index (χ1n) is 4.03. The minimum Gasteiger partial charge on any atom is -0.385 e. The van der Waals surface area contributed by atoms with Crippen molar-refractivity contribution in [1.82, 2.24) is 0 Å². The second kappa shape index (κ2) is 5.14. The third-order valence-electron chi connectivity index (χ3n) is 1.75. The van der Waals surface area contributed by atoms with Crippen molar-refractivity contribution in [1.29, 1.82) is 0 Å². The van der Waals surface area contributed by atoms with Crippen LogP contribution in [0.1, 0.15) is 11.1 Å². The minimum atomic E-state index is -4.39. The van der Waals surface area contributed by atoms with Crippen molar-refractivity contribution in [2.75, 3.05) is 5.94 Å². The lowest BCUT2D eigenvalue weighted by molar-refractivity contribution is -0.139. The first-order valence-corrected chi connectivity index (χ1v) is 5.65. The quantitative estimate of drug-likeness (QED) is 0.491. The Balaban J connectivity index is 3.16. The van der Waals surface area contributed by atoms with Crippen LogP contribution in [0.25, 0.3) is 0 Å². The topological polar surface area (TPSA) is 20.2 Å². The van der Waals surface area contributed by atoms with Crippen LogP contribution in [0.15, 0.2) is 23.1 Å². The van der Waals surface area contributed by atoms with Gasteiger partial charge in [0.2, 0.25) is 0 Å². The Morgan fingerprint density at radius 1 is 1.33 bits per heavy atom. The van der Waals surface area contributed by atoms with Gasteiger partial charge in [-0.1, -0.05) is 17.8 Å². The zero-order valence-corrected chi connectivity index (χ0v) is 9.29. The van der Waals surface area contributed by atoms with Gasteiger partial charge in [0.15, 0.2) is 0 Å². The Morgan fingerprint density at radius 2 is 2.00 bits per heavy atom. The number of hydrogen-bond donors (Lipinski definition) is 2. The van der Waals surface area contributed by atoms with Gasteiger partial charge in [-0.25, -0.2) is 0 Å². The lowest BCUT2D eigenvalue weighted by Gasteiger charge is -2.12. The van der Waals surface area contributed by atoms with Crippen LogP contribution in [0.4, 0.5) is 13.2 Å². The van der Waals surface area contributed by atoms with Gasteiger partial charge in [-0.15, -0.1) is 0 Å². The molecule has 0 aliphatic rings. The van der Waals surface area contributed by atoms with E-state index in [-0.39, 0.29) is 16.6 Å². The Morgan fingerprint density at radius 3 is 2.47 bits per heavy atom. The molecule has 1 nitrogen and oxygen atoms in total. The summed E-state index contributed by atoms with van der Waals surface area (Å²) in [6, 6.07) is 3.99. The smallest absolute Gasteiger partial charge is 0.385 e. The van der Waals surface area contributed by atoms with E-state index in [1.54, 1.807) is 6.07 Å². The van der Waals surface area contributed by atoms with Gasteiger partial charge in [0.1, 0.15) is 0 Å². The fraction of sp³-hybridized carbons (Fsp3) is 0.333. The van der Waals surface area contributed by atoms with Crippen LogP contribution in [0.2, 0.25) is 0 Å². The summed E-state index contributed by atoms with van der Waals surface area (Å²) in [4.78, 5) is 0.0375. The first-order chi connectivity index (χ1) is 6.99. The number of alkyl halides is 3. The van der Waals surface area contributed by atoms with E-state index < -0.39 is 11.7 Å². The zero-order valence-electron chi connectivity index (χ0n) is 7.58. The average molecular weight is 254 g/mol. The van der Waals surface area contributed by atoms with Crippen LogP contribution >= 0.6 is 24.4 Å². The minimum absolute atomic E-state index is 0.0375. The number of halogens is 3. The number of aliphatic hydroxyl groups is 1. The zero-order chi connectivity index (χ0) is 11.5. The molecular formula is C9H9F3OS2. The number of rotatable bonds is 3. The summed E-state index contributed by atoms with van der Waals surface area (Å²) in [6.07, 6.45) is -4.39. The molecule has 0 aliphatic heterocycles. The van der Waals surface area contributed by atoms with E-state index >= 15 is 0 Å². The van der Waals surface area contributed by atoms with Gasteiger partial charge in [-0.2, -0.15) is 25.8 Å². The van der Waals surface area contributed by atoms with Crippen molar-refractivity contribution >= 4 is 24.4 Å². The molecule has 0 unspecified atom stereocenters. The monoisotopic (exact) mass is 254 g/mol. The summed E-state index contributed by atoms with van der Waals surface area (Å²) in [6.45, 7) is 0. The van der Waals surface area contributed by atoms with Crippen LogP contribution in [-0.4, -0.2) is 11.0 Å². The highest BCUT2D eigenvalue weighted by Gasteiger charge is 2.33. The molecule has 1 aromatic rings. The van der Waals surface area contributed by atoms with Gasteiger partial charge in [0.25, 0.3) is 0 Å². The van der Waals surface area contributed by atoms with E-state index in [0.29, 0.717) is 5.56 Å². The van der Waals surface area contributed by atoms with E-state index in [4.69, 9.17) is 5.11 Å². The largest absolute Gasteiger partial charge is 0.417 e. The molecule has 0 saturated heterocycles. The van der Waals surface area contributed by atoms with Gasteiger partial charge in [-0.05, 0) is 17.7 Å². The summed E-state index contributed by atoms with van der Waals surface area (Å²) in [5, 5.41) is 8.62. The number of benzene rings is 1. The number of aliphatic hydroxyl groups excluding tert-OH is 1. The molecule has 84 valence electrons. The Hall–Kier alpha value is -0.330. The van der Waals surface area contributed by atoms with Crippen LogP contribution in [0.3, 0.4) is 0 Å². The normalized spacial score (nSPS) is 11.8. The second-order valence-electron chi connectivity index (χ2n) is 2.76. The van der Waals surface area contributed by atoms with Crippen LogP contribution in [-0.2, 0) is 11.9 Å². The summed E-state index contributed by atoms with van der Waals surface area (Å²) < 4.78 is 37.7. The van der Waals surface area contributed by atoms with Crippen molar-refractivity contribution in [3.05, 3.63) is 29.3 Å². The molecule has 0 fully saturated rings. The molecule has 15 heavy (non-hydrogen) atoms. The molecular weight excluding hydrogens is 245 g/mol. The number of hydrogen-bond acceptors (Lipinski definition) is 3. The maximum Gasteiger partial charge on any atom is 0.417 e. The molecule has 0 aliphatic carbocycles. The van der Waals surface area contributed by atoms with Crippen LogP contribution in [0.5, 0.6) is 0 Å². The molecule has 1 rings (SSSR count). The lowest BCUT2D eigenvalue weighted by atomic mass is 10.1. The van der Waals surface area contributed by atoms with E-state index in [1.165, 1.54) is 6.07 Å². The summed E-state index contributed by atoms with van der Waals surface area (Å²) in [5.74, 6) is -0.115. The van der Waals surface area contributed by atoms with E-state index in [0.717, 1.165) is 17.8 Å². The summed E-state index contributed by atoms with van der Waals surface area (Å²) in [7, 11) is 0. The molecule has 1 N–H and O–H groups in total. The molecule has 0 radical (unpaired) electrons. The van der Waals surface area contributed by atoms with Crippen molar-refractivity contribution in [3.63, 3.8) is 0 Å². The van der Waals surface area contributed by atoms with Crippen molar-refractivity contribution in [3.8, 4) is 0 Å². The van der Waals surface area contributed by atoms with Crippen LogP contribution in [0, 0.1) is 0 Å². The Kier molecular flexibility index (Phi) is 4.36. The van der Waals surface area contributed by atoms with Crippen molar-refractivity contribution in [2.45, 2.75) is 16.8 Å².